The minimum Gasteiger partial charge on any atom is -0.497 e. The number of benzene rings is 2. The Bertz CT molecular complexity index is 1340. The van der Waals surface area contributed by atoms with Crippen LogP contribution in [0, 0.1) is 0 Å². The maximum atomic E-state index is 12.6. The van der Waals surface area contributed by atoms with E-state index in [0.29, 0.717) is 29.3 Å². The summed E-state index contributed by atoms with van der Waals surface area (Å²) in [6, 6.07) is 16.3. The molecule has 1 aliphatic rings. The van der Waals surface area contributed by atoms with Crippen LogP contribution in [0.3, 0.4) is 0 Å². The van der Waals surface area contributed by atoms with Gasteiger partial charge in [0, 0.05) is 30.9 Å². The molecule has 3 aromatic rings. The normalized spacial score (nSPS) is 13.7. The summed E-state index contributed by atoms with van der Waals surface area (Å²) >= 11 is 1.37. The Morgan fingerprint density at radius 2 is 1.83 bits per heavy atom. The minimum absolute atomic E-state index is 0.0102. The van der Waals surface area contributed by atoms with Crippen molar-refractivity contribution in [2.45, 2.75) is 37.2 Å². The van der Waals surface area contributed by atoms with Crippen LogP contribution in [0.15, 0.2) is 59.5 Å². The highest BCUT2D eigenvalue weighted by atomic mass is 32.2. The lowest BCUT2D eigenvalue weighted by atomic mass is 10.0. The quantitative estimate of drug-likeness (QED) is 0.416. The van der Waals surface area contributed by atoms with Gasteiger partial charge in [0.2, 0.25) is 5.91 Å². The molecule has 0 bridgehead atoms. The number of ether oxygens (including phenoxy) is 1. The monoisotopic (exact) mass is 527 g/mol. The number of nitrogens with zero attached hydrogens (tertiary/aromatic N) is 1. The molecule has 0 unspecified atom stereocenters. The molecule has 10 heteroatoms. The Morgan fingerprint density at radius 1 is 1.11 bits per heavy atom. The Labute approximate surface area is 215 Å². The summed E-state index contributed by atoms with van der Waals surface area (Å²) in [6.07, 6.45) is 0.839. The van der Waals surface area contributed by atoms with E-state index in [2.05, 4.69) is 22.3 Å². The number of hydrogen-bond donors (Lipinski definition) is 2. The third-order valence-corrected chi connectivity index (χ3v) is 9.07. The summed E-state index contributed by atoms with van der Waals surface area (Å²) in [7, 11) is -2.01. The van der Waals surface area contributed by atoms with Gasteiger partial charge >= 0.3 is 0 Å². The van der Waals surface area contributed by atoms with E-state index in [1.165, 1.54) is 36.1 Å². The summed E-state index contributed by atoms with van der Waals surface area (Å²) < 4.78 is 30.2. The first kappa shape index (κ1) is 25.9. The number of methoxy groups -OCH3 is 1. The van der Waals surface area contributed by atoms with Crippen LogP contribution in [0.2, 0.25) is 0 Å². The SMILES string of the molecule is COc1ccc(S(=O)(=O)CCCC(=O)Nc2sc3c(c2C(N)=O)CCN(Cc2ccccc2)C3)cc1. The average molecular weight is 528 g/mol. The Hall–Kier alpha value is -3.21. The second-order valence-corrected chi connectivity index (χ2v) is 11.9. The number of nitrogens with one attached hydrogen (secondary N) is 1. The van der Waals surface area contributed by atoms with Gasteiger partial charge in [-0.3, -0.25) is 14.5 Å². The Balaban J connectivity index is 1.37. The van der Waals surface area contributed by atoms with Gasteiger partial charge in [0.25, 0.3) is 5.91 Å². The third-order valence-electron chi connectivity index (χ3n) is 6.12. The fourth-order valence-electron chi connectivity index (χ4n) is 4.29. The molecule has 0 radical (unpaired) electrons. The van der Waals surface area contributed by atoms with Gasteiger partial charge in [-0.05, 0) is 48.2 Å². The molecule has 0 atom stereocenters. The molecule has 0 fully saturated rings. The number of carbonyl (C=O) groups excluding carboxylic acids is 2. The van der Waals surface area contributed by atoms with E-state index < -0.39 is 15.7 Å². The van der Waals surface area contributed by atoms with E-state index in [1.807, 2.05) is 18.2 Å². The van der Waals surface area contributed by atoms with Crippen LogP contribution >= 0.6 is 11.3 Å². The van der Waals surface area contributed by atoms with Crippen LogP contribution in [0.5, 0.6) is 5.75 Å². The van der Waals surface area contributed by atoms with Crippen molar-refractivity contribution in [3.8, 4) is 5.75 Å². The van der Waals surface area contributed by atoms with Crippen LogP contribution in [-0.2, 0) is 34.1 Å². The lowest BCUT2D eigenvalue weighted by Crippen LogP contribution is -2.30. The molecule has 0 aliphatic carbocycles. The number of anilines is 1. The van der Waals surface area contributed by atoms with Crippen molar-refractivity contribution in [2.75, 3.05) is 24.7 Å². The summed E-state index contributed by atoms with van der Waals surface area (Å²) in [5, 5.41) is 3.25. The summed E-state index contributed by atoms with van der Waals surface area (Å²) in [6.45, 7) is 2.26. The molecule has 36 heavy (non-hydrogen) atoms. The van der Waals surface area contributed by atoms with Crippen molar-refractivity contribution in [2.24, 2.45) is 5.73 Å². The second kappa shape index (κ2) is 11.2. The zero-order valence-electron chi connectivity index (χ0n) is 20.0. The number of amides is 2. The largest absolute Gasteiger partial charge is 0.497 e. The number of carbonyl (C=O) groups is 2. The summed E-state index contributed by atoms with van der Waals surface area (Å²) in [5.41, 5.74) is 8.15. The van der Waals surface area contributed by atoms with Crippen molar-refractivity contribution in [1.29, 1.82) is 0 Å². The zero-order valence-corrected chi connectivity index (χ0v) is 21.7. The highest BCUT2D eigenvalue weighted by molar-refractivity contribution is 7.91. The lowest BCUT2D eigenvalue weighted by molar-refractivity contribution is -0.116. The smallest absolute Gasteiger partial charge is 0.251 e. The van der Waals surface area contributed by atoms with E-state index in [1.54, 1.807) is 12.1 Å². The highest BCUT2D eigenvalue weighted by Gasteiger charge is 2.28. The van der Waals surface area contributed by atoms with Gasteiger partial charge in [0.05, 0.1) is 23.3 Å². The number of sulfone groups is 1. The average Bonchev–Trinajstić information content (AvgIpc) is 3.21. The second-order valence-electron chi connectivity index (χ2n) is 8.66. The first-order valence-electron chi connectivity index (χ1n) is 11.6. The molecule has 3 N–H and O–H groups in total. The molecule has 0 saturated heterocycles. The first-order chi connectivity index (χ1) is 17.3. The van der Waals surface area contributed by atoms with Gasteiger partial charge in [-0.2, -0.15) is 0 Å². The standard InChI is InChI=1S/C26H29N3O5S2/c1-34-19-9-11-20(12-10-19)36(32,33)15-5-8-23(30)28-26-24(25(27)31)21-13-14-29(17-22(21)35-26)16-18-6-3-2-4-7-18/h2-4,6-7,9-12H,5,8,13-17H2,1H3,(H2,27,31)(H,28,30). The zero-order chi connectivity index (χ0) is 25.7. The van der Waals surface area contributed by atoms with Crippen molar-refractivity contribution in [3.05, 3.63) is 76.2 Å². The molecule has 0 saturated carbocycles. The number of nitrogens with two attached hydrogens (primary N) is 1. The van der Waals surface area contributed by atoms with Crippen molar-refractivity contribution in [3.63, 3.8) is 0 Å². The van der Waals surface area contributed by atoms with Crippen LogP contribution in [-0.4, -0.2) is 44.5 Å². The molecule has 2 aromatic carbocycles. The fraction of sp³-hybridized carbons (Fsp3) is 0.308. The minimum atomic E-state index is -3.52. The molecule has 2 heterocycles. The summed E-state index contributed by atoms with van der Waals surface area (Å²) in [4.78, 5) is 28.4. The lowest BCUT2D eigenvalue weighted by Gasteiger charge is -2.27. The Kier molecular flexibility index (Phi) is 8.07. The van der Waals surface area contributed by atoms with Gasteiger partial charge < -0.3 is 15.8 Å². The van der Waals surface area contributed by atoms with Crippen LogP contribution in [0.4, 0.5) is 5.00 Å². The van der Waals surface area contributed by atoms with Crippen molar-refractivity contribution < 1.29 is 22.7 Å². The van der Waals surface area contributed by atoms with Crippen LogP contribution < -0.4 is 15.8 Å². The maximum absolute atomic E-state index is 12.6. The number of primary amides is 1. The fourth-order valence-corrected chi connectivity index (χ4v) is 6.92. The molecule has 190 valence electrons. The van der Waals surface area contributed by atoms with Gasteiger partial charge in [-0.15, -0.1) is 11.3 Å². The molecule has 8 nitrogen and oxygen atoms in total. The molecular weight excluding hydrogens is 498 g/mol. The topological polar surface area (TPSA) is 119 Å². The first-order valence-corrected chi connectivity index (χ1v) is 14.1. The van der Waals surface area contributed by atoms with E-state index in [4.69, 9.17) is 10.5 Å². The van der Waals surface area contributed by atoms with Gasteiger partial charge in [0.15, 0.2) is 9.84 Å². The van der Waals surface area contributed by atoms with Crippen LogP contribution in [0.25, 0.3) is 0 Å². The van der Waals surface area contributed by atoms with Crippen molar-refractivity contribution >= 4 is 38.0 Å². The van der Waals surface area contributed by atoms with E-state index >= 15 is 0 Å². The van der Waals surface area contributed by atoms with Crippen molar-refractivity contribution in [1.82, 2.24) is 4.90 Å². The molecule has 2 amide bonds. The predicted octanol–water partition coefficient (Wildman–Crippen LogP) is 3.61. The van der Waals surface area contributed by atoms with Gasteiger partial charge in [0.1, 0.15) is 10.8 Å². The van der Waals surface area contributed by atoms with E-state index in [9.17, 15) is 18.0 Å². The number of thiophene rings is 1. The molecule has 1 aromatic heterocycles. The predicted molar refractivity (Wildman–Crippen MR) is 140 cm³/mol. The molecule has 4 rings (SSSR count). The number of rotatable bonds is 10. The highest BCUT2D eigenvalue weighted by Crippen LogP contribution is 2.37. The Morgan fingerprint density at radius 3 is 2.50 bits per heavy atom. The molecule has 1 aliphatic heterocycles. The number of fused-ring (bicyclic) bond motifs is 1. The van der Waals surface area contributed by atoms with E-state index in [0.717, 1.165) is 23.5 Å². The van der Waals surface area contributed by atoms with E-state index in [-0.39, 0.29) is 29.4 Å². The molecule has 0 spiro atoms. The van der Waals surface area contributed by atoms with Gasteiger partial charge in [-0.25, -0.2) is 8.42 Å². The van der Waals surface area contributed by atoms with Gasteiger partial charge in [-0.1, -0.05) is 30.3 Å². The number of hydrogen-bond acceptors (Lipinski definition) is 7. The van der Waals surface area contributed by atoms with Crippen LogP contribution in [0.1, 0.15) is 39.2 Å². The third kappa shape index (κ3) is 6.13. The maximum Gasteiger partial charge on any atom is 0.251 e. The molecular formula is C26H29N3O5S2. The summed E-state index contributed by atoms with van der Waals surface area (Å²) in [5.74, 6) is -0.505.